The Labute approximate surface area is 182 Å². The lowest BCUT2D eigenvalue weighted by Crippen LogP contribution is -2.34. The Morgan fingerprint density at radius 3 is 1.90 bits per heavy atom. The molecule has 8 heteroatoms. The van der Waals surface area contributed by atoms with Crippen LogP contribution in [0.4, 0.5) is 0 Å². The lowest BCUT2D eigenvalue weighted by molar-refractivity contribution is -0.133. The highest BCUT2D eigenvalue weighted by Crippen LogP contribution is 2.17. The predicted octanol–water partition coefficient (Wildman–Crippen LogP) is 2.86. The summed E-state index contributed by atoms with van der Waals surface area (Å²) in [6.45, 7) is 7.52. The Balaban J connectivity index is 1.73. The maximum Gasteiger partial charge on any atom is 0.277 e. The summed E-state index contributed by atoms with van der Waals surface area (Å²) < 4.78 is 16.3. The first-order valence-corrected chi connectivity index (χ1v) is 10.2. The monoisotopic (exact) mass is 427 g/mol. The van der Waals surface area contributed by atoms with Crippen LogP contribution < -0.4 is 19.6 Å². The molecule has 0 saturated carbocycles. The molecule has 0 aromatic heterocycles. The molecule has 0 aliphatic rings. The van der Waals surface area contributed by atoms with E-state index in [4.69, 9.17) is 14.2 Å². The number of hydrogen-bond acceptors (Lipinski definition) is 6. The summed E-state index contributed by atoms with van der Waals surface area (Å²) in [6, 6.07) is 14.1. The number of likely N-dealkylation sites (N-methyl/N-ethyl adjacent to an activating group) is 1. The molecule has 0 heterocycles. The minimum absolute atomic E-state index is 0.000468. The molecule has 166 valence electrons. The third kappa shape index (κ3) is 8.38. The molecule has 2 aromatic carbocycles. The van der Waals surface area contributed by atoms with Crippen molar-refractivity contribution >= 4 is 18.0 Å². The number of nitrogens with one attached hydrogen (secondary N) is 1. The van der Waals surface area contributed by atoms with E-state index in [0.29, 0.717) is 31.2 Å². The van der Waals surface area contributed by atoms with Crippen LogP contribution in [0.1, 0.15) is 26.3 Å². The van der Waals surface area contributed by atoms with Gasteiger partial charge in [-0.2, -0.15) is 5.10 Å². The lowest BCUT2D eigenvalue weighted by Gasteiger charge is -2.18. The van der Waals surface area contributed by atoms with E-state index in [0.717, 1.165) is 11.3 Å². The Bertz CT molecular complexity index is 847. The summed E-state index contributed by atoms with van der Waals surface area (Å²) in [7, 11) is 0. The van der Waals surface area contributed by atoms with Gasteiger partial charge in [0.2, 0.25) is 0 Å². The van der Waals surface area contributed by atoms with E-state index in [2.05, 4.69) is 10.5 Å². The molecule has 1 N–H and O–H groups in total. The van der Waals surface area contributed by atoms with E-state index < -0.39 is 0 Å². The van der Waals surface area contributed by atoms with Crippen molar-refractivity contribution in [3.63, 3.8) is 0 Å². The molecule has 0 fully saturated rings. The van der Waals surface area contributed by atoms with Gasteiger partial charge < -0.3 is 19.1 Å². The largest absolute Gasteiger partial charge is 0.494 e. The molecule has 0 aliphatic heterocycles. The second-order valence-electron chi connectivity index (χ2n) is 6.41. The standard InChI is InChI=1S/C23H29N3O5/c1-4-26(5-2)23(28)17-31-20-9-7-18(8-10-20)15-24-25-22(27)16-30-21-13-11-19(12-14-21)29-6-3/h7-15H,4-6,16-17H2,1-3H3,(H,25,27)/b24-15-. The van der Waals surface area contributed by atoms with Gasteiger partial charge in [-0.15, -0.1) is 0 Å². The number of nitrogens with zero attached hydrogens (tertiary/aromatic N) is 2. The highest BCUT2D eigenvalue weighted by atomic mass is 16.5. The van der Waals surface area contributed by atoms with Gasteiger partial charge in [-0.25, -0.2) is 5.43 Å². The predicted molar refractivity (Wildman–Crippen MR) is 119 cm³/mol. The van der Waals surface area contributed by atoms with Crippen LogP contribution in [0.15, 0.2) is 53.6 Å². The van der Waals surface area contributed by atoms with Gasteiger partial charge in [0.25, 0.3) is 11.8 Å². The molecule has 8 nitrogen and oxygen atoms in total. The molecule has 0 unspecified atom stereocenters. The minimum atomic E-state index is -0.375. The molecular weight excluding hydrogens is 398 g/mol. The SMILES string of the molecule is CCOc1ccc(OCC(=O)N/N=C\c2ccc(OCC(=O)N(CC)CC)cc2)cc1. The van der Waals surface area contributed by atoms with Gasteiger partial charge in [0.1, 0.15) is 17.2 Å². The Morgan fingerprint density at radius 1 is 0.839 bits per heavy atom. The molecule has 0 saturated heterocycles. The quantitative estimate of drug-likeness (QED) is 0.416. The van der Waals surface area contributed by atoms with E-state index in [1.54, 1.807) is 53.4 Å². The van der Waals surface area contributed by atoms with Crippen molar-refractivity contribution in [2.45, 2.75) is 20.8 Å². The van der Waals surface area contributed by atoms with Crippen molar-refractivity contribution in [3.05, 3.63) is 54.1 Å². The summed E-state index contributed by atoms with van der Waals surface area (Å²) >= 11 is 0. The van der Waals surface area contributed by atoms with Crippen LogP contribution >= 0.6 is 0 Å². The van der Waals surface area contributed by atoms with Gasteiger partial charge in [0, 0.05) is 13.1 Å². The van der Waals surface area contributed by atoms with Gasteiger partial charge in [0.15, 0.2) is 13.2 Å². The fraction of sp³-hybridized carbons (Fsp3) is 0.348. The zero-order valence-corrected chi connectivity index (χ0v) is 18.2. The van der Waals surface area contributed by atoms with Gasteiger partial charge in [-0.1, -0.05) is 0 Å². The summed E-state index contributed by atoms with van der Waals surface area (Å²) in [5.74, 6) is 1.48. The molecule has 0 atom stereocenters. The lowest BCUT2D eigenvalue weighted by atomic mass is 10.2. The van der Waals surface area contributed by atoms with Crippen molar-refractivity contribution in [3.8, 4) is 17.2 Å². The van der Waals surface area contributed by atoms with Crippen LogP contribution in [0, 0.1) is 0 Å². The number of amides is 2. The number of rotatable bonds is 12. The maximum atomic E-state index is 12.0. The number of hydrazone groups is 1. The first-order valence-electron chi connectivity index (χ1n) is 10.2. The van der Waals surface area contributed by atoms with Gasteiger partial charge in [-0.05, 0) is 74.9 Å². The first-order chi connectivity index (χ1) is 15.0. The summed E-state index contributed by atoms with van der Waals surface area (Å²) in [6.07, 6.45) is 1.51. The number of carbonyl (C=O) groups is 2. The second-order valence-corrected chi connectivity index (χ2v) is 6.41. The van der Waals surface area contributed by atoms with Crippen LogP contribution in [0.25, 0.3) is 0 Å². The van der Waals surface area contributed by atoms with Gasteiger partial charge in [0.05, 0.1) is 12.8 Å². The fourth-order valence-corrected chi connectivity index (χ4v) is 2.62. The van der Waals surface area contributed by atoms with E-state index in [1.165, 1.54) is 6.21 Å². The molecule has 2 amide bonds. The Hall–Kier alpha value is -3.55. The average molecular weight is 428 g/mol. The molecule has 0 radical (unpaired) electrons. The molecule has 2 aromatic rings. The summed E-state index contributed by atoms with van der Waals surface area (Å²) in [5, 5.41) is 3.92. The Kier molecular flexibility index (Phi) is 9.87. The smallest absolute Gasteiger partial charge is 0.277 e. The van der Waals surface area contributed by atoms with E-state index in [1.807, 2.05) is 20.8 Å². The van der Waals surface area contributed by atoms with Crippen LogP contribution in [-0.2, 0) is 9.59 Å². The average Bonchev–Trinajstić information content (AvgIpc) is 2.79. The minimum Gasteiger partial charge on any atom is -0.494 e. The van der Waals surface area contributed by atoms with Gasteiger partial charge in [-0.3, -0.25) is 9.59 Å². The van der Waals surface area contributed by atoms with E-state index in [9.17, 15) is 9.59 Å². The topological polar surface area (TPSA) is 89.5 Å². The first kappa shape index (κ1) is 23.7. The van der Waals surface area contributed by atoms with Crippen LogP contribution in [0.5, 0.6) is 17.2 Å². The van der Waals surface area contributed by atoms with Crippen molar-refractivity contribution in [2.75, 3.05) is 32.9 Å². The Morgan fingerprint density at radius 2 is 1.35 bits per heavy atom. The summed E-state index contributed by atoms with van der Waals surface area (Å²) in [5.41, 5.74) is 3.19. The van der Waals surface area contributed by atoms with E-state index in [-0.39, 0.29) is 25.0 Å². The number of carbonyl (C=O) groups excluding carboxylic acids is 2. The zero-order valence-electron chi connectivity index (χ0n) is 18.2. The van der Waals surface area contributed by atoms with Gasteiger partial charge >= 0.3 is 0 Å². The van der Waals surface area contributed by atoms with Crippen LogP contribution in [0.3, 0.4) is 0 Å². The fourth-order valence-electron chi connectivity index (χ4n) is 2.62. The molecule has 0 spiro atoms. The second kappa shape index (κ2) is 12.9. The molecule has 31 heavy (non-hydrogen) atoms. The summed E-state index contributed by atoms with van der Waals surface area (Å²) in [4.78, 5) is 25.5. The zero-order chi connectivity index (χ0) is 22.5. The third-order valence-electron chi connectivity index (χ3n) is 4.27. The maximum absolute atomic E-state index is 12.0. The highest BCUT2D eigenvalue weighted by molar-refractivity contribution is 5.83. The van der Waals surface area contributed by atoms with Crippen molar-refractivity contribution in [1.29, 1.82) is 0 Å². The third-order valence-corrected chi connectivity index (χ3v) is 4.27. The van der Waals surface area contributed by atoms with Crippen molar-refractivity contribution in [1.82, 2.24) is 10.3 Å². The highest BCUT2D eigenvalue weighted by Gasteiger charge is 2.09. The normalized spacial score (nSPS) is 10.5. The molecular formula is C23H29N3O5. The van der Waals surface area contributed by atoms with Crippen LogP contribution in [0.2, 0.25) is 0 Å². The van der Waals surface area contributed by atoms with Crippen molar-refractivity contribution in [2.24, 2.45) is 5.10 Å². The number of benzene rings is 2. The molecule has 0 bridgehead atoms. The van der Waals surface area contributed by atoms with E-state index >= 15 is 0 Å². The molecule has 0 aliphatic carbocycles. The molecule has 2 rings (SSSR count). The number of ether oxygens (including phenoxy) is 3. The van der Waals surface area contributed by atoms with Crippen molar-refractivity contribution < 1.29 is 23.8 Å². The van der Waals surface area contributed by atoms with Crippen LogP contribution in [-0.4, -0.2) is 55.8 Å². The number of hydrogen-bond donors (Lipinski definition) is 1.